The van der Waals surface area contributed by atoms with E-state index in [1.54, 1.807) is 6.08 Å². The van der Waals surface area contributed by atoms with E-state index in [0.717, 1.165) is 19.3 Å². The molecule has 0 aliphatic heterocycles. The van der Waals surface area contributed by atoms with Gasteiger partial charge in [-0.05, 0) is 19.8 Å². The molecule has 0 radical (unpaired) electrons. The SMILES string of the molecule is C=C[C@@]1(O)CCCC[C@@H]1/C=C/C. The predicted octanol–water partition coefficient (Wildman–Crippen LogP) is 2.67. The topological polar surface area (TPSA) is 20.2 Å². The lowest BCUT2D eigenvalue weighted by Gasteiger charge is -2.35. The van der Waals surface area contributed by atoms with Crippen LogP contribution in [-0.2, 0) is 0 Å². The van der Waals surface area contributed by atoms with Gasteiger partial charge in [-0.1, -0.05) is 31.1 Å². The van der Waals surface area contributed by atoms with Crippen LogP contribution in [0.1, 0.15) is 32.6 Å². The van der Waals surface area contributed by atoms with E-state index in [1.165, 1.54) is 6.42 Å². The second-order valence-electron chi connectivity index (χ2n) is 3.57. The third kappa shape index (κ3) is 1.78. The summed E-state index contributed by atoms with van der Waals surface area (Å²) in [5.41, 5.74) is -0.634. The molecule has 1 aliphatic rings. The summed E-state index contributed by atoms with van der Waals surface area (Å²) in [4.78, 5) is 0. The minimum Gasteiger partial charge on any atom is -0.385 e. The molecule has 0 aromatic heterocycles. The highest BCUT2D eigenvalue weighted by atomic mass is 16.3. The lowest BCUT2D eigenvalue weighted by Crippen LogP contribution is -2.37. The van der Waals surface area contributed by atoms with Crippen LogP contribution >= 0.6 is 0 Å². The van der Waals surface area contributed by atoms with Crippen LogP contribution in [0.25, 0.3) is 0 Å². The lowest BCUT2D eigenvalue weighted by molar-refractivity contribution is 0.0159. The van der Waals surface area contributed by atoms with Crippen molar-refractivity contribution in [2.24, 2.45) is 5.92 Å². The third-order valence-electron chi connectivity index (χ3n) is 2.76. The van der Waals surface area contributed by atoms with Crippen LogP contribution in [0.4, 0.5) is 0 Å². The highest BCUT2D eigenvalue weighted by Gasteiger charge is 2.33. The van der Waals surface area contributed by atoms with Gasteiger partial charge in [0.25, 0.3) is 0 Å². The molecule has 0 aromatic carbocycles. The average molecular weight is 166 g/mol. The first-order valence-corrected chi connectivity index (χ1v) is 4.72. The van der Waals surface area contributed by atoms with Gasteiger partial charge in [-0.15, -0.1) is 6.58 Å². The Balaban J connectivity index is 2.72. The van der Waals surface area contributed by atoms with E-state index in [4.69, 9.17) is 0 Å². The molecule has 1 aliphatic carbocycles. The molecule has 1 nitrogen and oxygen atoms in total. The van der Waals surface area contributed by atoms with Crippen molar-refractivity contribution in [3.63, 3.8) is 0 Å². The van der Waals surface area contributed by atoms with Crippen LogP contribution in [0.2, 0.25) is 0 Å². The summed E-state index contributed by atoms with van der Waals surface area (Å²) >= 11 is 0. The summed E-state index contributed by atoms with van der Waals surface area (Å²) in [6.07, 6.45) is 10.1. The van der Waals surface area contributed by atoms with Crippen LogP contribution in [-0.4, -0.2) is 10.7 Å². The molecule has 0 saturated heterocycles. The van der Waals surface area contributed by atoms with Crippen LogP contribution in [0.3, 0.4) is 0 Å². The van der Waals surface area contributed by atoms with Crippen molar-refractivity contribution in [3.8, 4) is 0 Å². The second kappa shape index (κ2) is 3.90. The Labute approximate surface area is 74.8 Å². The van der Waals surface area contributed by atoms with Crippen LogP contribution in [0.5, 0.6) is 0 Å². The summed E-state index contributed by atoms with van der Waals surface area (Å²) in [6.45, 7) is 5.70. The number of aliphatic hydroxyl groups is 1. The van der Waals surface area contributed by atoms with Crippen molar-refractivity contribution in [1.29, 1.82) is 0 Å². The van der Waals surface area contributed by atoms with E-state index in [9.17, 15) is 5.11 Å². The van der Waals surface area contributed by atoms with Crippen molar-refractivity contribution >= 4 is 0 Å². The molecule has 0 amide bonds. The van der Waals surface area contributed by atoms with E-state index < -0.39 is 5.60 Å². The Kier molecular flexibility index (Phi) is 3.10. The maximum Gasteiger partial charge on any atom is 0.0887 e. The first-order valence-electron chi connectivity index (χ1n) is 4.72. The fourth-order valence-electron chi connectivity index (χ4n) is 1.96. The number of hydrogen-bond acceptors (Lipinski definition) is 1. The van der Waals surface area contributed by atoms with Gasteiger partial charge in [0.15, 0.2) is 0 Å². The zero-order valence-corrected chi connectivity index (χ0v) is 7.79. The molecule has 1 fully saturated rings. The van der Waals surface area contributed by atoms with Crippen LogP contribution < -0.4 is 0 Å². The highest BCUT2D eigenvalue weighted by Crippen LogP contribution is 2.35. The first kappa shape index (κ1) is 9.53. The Morgan fingerprint density at radius 3 is 2.83 bits per heavy atom. The molecule has 1 saturated carbocycles. The monoisotopic (exact) mass is 166 g/mol. The van der Waals surface area contributed by atoms with Crippen molar-refractivity contribution < 1.29 is 5.11 Å². The largest absolute Gasteiger partial charge is 0.385 e. The Morgan fingerprint density at radius 2 is 2.25 bits per heavy atom. The molecule has 0 heterocycles. The van der Waals surface area contributed by atoms with E-state index in [0.29, 0.717) is 0 Å². The smallest absolute Gasteiger partial charge is 0.0887 e. The molecule has 0 spiro atoms. The van der Waals surface area contributed by atoms with Crippen molar-refractivity contribution in [1.82, 2.24) is 0 Å². The van der Waals surface area contributed by atoms with Gasteiger partial charge in [-0.3, -0.25) is 0 Å². The van der Waals surface area contributed by atoms with E-state index in [1.807, 2.05) is 13.0 Å². The molecule has 1 N–H and O–H groups in total. The molecule has 0 unspecified atom stereocenters. The molecule has 2 atom stereocenters. The van der Waals surface area contributed by atoms with Gasteiger partial charge in [0.1, 0.15) is 0 Å². The van der Waals surface area contributed by atoms with Crippen molar-refractivity contribution in [2.75, 3.05) is 0 Å². The molecule has 12 heavy (non-hydrogen) atoms. The van der Waals surface area contributed by atoms with Gasteiger partial charge in [-0.2, -0.15) is 0 Å². The molecule has 68 valence electrons. The van der Waals surface area contributed by atoms with E-state index >= 15 is 0 Å². The Morgan fingerprint density at radius 1 is 1.50 bits per heavy atom. The Hall–Kier alpha value is -0.560. The van der Waals surface area contributed by atoms with Gasteiger partial charge in [0.05, 0.1) is 5.60 Å². The summed E-state index contributed by atoms with van der Waals surface area (Å²) in [6, 6.07) is 0. The van der Waals surface area contributed by atoms with E-state index in [-0.39, 0.29) is 5.92 Å². The molecule has 1 heteroatoms. The maximum atomic E-state index is 10.1. The summed E-state index contributed by atoms with van der Waals surface area (Å²) in [5, 5.41) is 10.1. The molecule has 1 rings (SSSR count). The maximum absolute atomic E-state index is 10.1. The van der Waals surface area contributed by atoms with E-state index in [2.05, 4.69) is 12.7 Å². The quantitative estimate of drug-likeness (QED) is 0.625. The number of rotatable bonds is 2. The lowest BCUT2D eigenvalue weighted by atomic mass is 9.75. The minimum atomic E-state index is -0.634. The fourth-order valence-corrected chi connectivity index (χ4v) is 1.96. The first-order chi connectivity index (χ1) is 5.73. The minimum absolute atomic E-state index is 0.286. The van der Waals surface area contributed by atoms with Gasteiger partial charge in [0, 0.05) is 5.92 Å². The zero-order valence-electron chi connectivity index (χ0n) is 7.79. The Bertz CT molecular complexity index is 183. The van der Waals surface area contributed by atoms with Crippen molar-refractivity contribution in [2.45, 2.75) is 38.2 Å². The zero-order chi connectivity index (χ0) is 9.03. The predicted molar refractivity (Wildman–Crippen MR) is 51.9 cm³/mol. The average Bonchev–Trinajstić information content (AvgIpc) is 2.10. The summed E-state index contributed by atoms with van der Waals surface area (Å²) in [7, 11) is 0. The molecular weight excluding hydrogens is 148 g/mol. The number of hydrogen-bond donors (Lipinski definition) is 1. The van der Waals surface area contributed by atoms with Gasteiger partial charge < -0.3 is 5.11 Å². The fraction of sp³-hybridized carbons (Fsp3) is 0.636. The molecular formula is C11H18O. The standard InChI is InChI=1S/C11H18O/c1-3-7-10-8-5-6-9-11(10,12)4-2/h3-4,7,10,12H,2,5-6,8-9H2,1H3/b7-3+/t10-,11+/m0/s1. The third-order valence-corrected chi connectivity index (χ3v) is 2.76. The van der Waals surface area contributed by atoms with Crippen molar-refractivity contribution in [3.05, 3.63) is 24.8 Å². The summed E-state index contributed by atoms with van der Waals surface area (Å²) in [5.74, 6) is 0.286. The highest BCUT2D eigenvalue weighted by molar-refractivity contribution is 5.09. The normalized spacial score (nSPS) is 37.0. The van der Waals surface area contributed by atoms with Crippen LogP contribution in [0.15, 0.2) is 24.8 Å². The van der Waals surface area contributed by atoms with Gasteiger partial charge >= 0.3 is 0 Å². The van der Waals surface area contributed by atoms with Gasteiger partial charge in [-0.25, -0.2) is 0 Å². The number of allylic oxidation sites excluding steroid dienone is 1. The second-order valence-corrected chi connectivity index (χ2v) is 3.57. The summed E-state index contributed by atoms with van der Waals surface area (Å²) < 4.78 is 0. The van der Waals surface area contributed by atoms with Crippen LogP contribution in [0, 0.1) is 5.92 Å². The molecule has 0 aromatic rings. The molecule has 0 bridgehead atoms. The van der Waals surface area contributed by atoms with Gasteiger partial charge in [0.2, 0.25) is 0 Å².